The molecule has 1 saturated heterocycles. The number of nitrogens with two attached hydrogens (primary N) is 1. The molecule has 1 aliphatic heterocycles. The van der Waals surface area contributed by atoms with E-state index in [1.807, 2.05) is 33.8 Å². The van der Waals surface area contributed by atoms with Crippen molar-refractivity contribution in [2.75, 3.05) is 0 Å². The maximum absolute atomic E-state index is 5.95. The monoisotopic (exact) mass is 274 g/mol. The third kappa shape index (κ3) is 2.89. The molecule has 1 aromatic heterocycles. The molecule has 0 unspecified atom stereocenters. The molecule has 1 aliphatic rings. The minimum Gasteiger partial charge on any atom is -0.399 e. The van der Waals surface area contributed by atoms with Crippen molar-refractivity contribution in [3.05, 3.63) is 18.3 Å². The number of rotatable bonds is 3. The van der Waals surface area contributed by atoms with Crippen LogP contribution in [-0.2, 0) is 9.31 Å². The molecule has 0 amide bonds. The van der Waals surface area contributed by atoms with E-state index in [9.17, 15) is 0 Å². The number of hydrogen-bond acceptors (Lipinski definition) is 6. The molecule has 0 aromatic carbocycles. The topological polar surface area (TPSA) is 82.1 Å². The fourth-order valence-corrected chi connectivity index (χ4v) is 1.74. The summed E-state index contributed by atoms with van der Waals surface area (Å²) in [6, 6.07) is 3.68. The number of nitrogens with zero attached hydrogens (tertiary/aromatic N) is 3. The molecule has 106 valence electrons. The quantitative estimate of drug-likeness (QED) is 0.386. The number of pyridine rings is 1. The number of aromatic nitrogens is 1. The number of hydrazone groups is 1. The molecule has 0 aliphatic carbocycles. The molecule has 0 atom stereocenters. The molecule has 0 saturated carbocycles. The third-order valence-electron chi connectivity index (χ3n) is 3.66. The van der Waals surface area contributed by atoms with Gasteiger partial charge in [-0.25, -0.2) is 9.98 Å². The first-order valence-electron chi connectivity index (χ1n) is 6.43. The van der Waals surface area contributed by atoms with Gasteiger partial charge in [-0.1, -0.05) is 6.07 Å². The van der Waals surface area contributed by atoms with Crippen LogP contribution in [0.3, 0.4) is 0 Å². The minimum atomic E-state index is -0.406. The standard InChI is InChI=1S/C13H19BN4O2/c1-12(2)13(3,4)20-14(19-12)10-5-6-11(17-9-10)16-7-8-18-15/h5-9H,15H2,1-4H3/b16-7?,18-8-. The van der Waals surface area contributed by atoms with Crippen LogP contribution < -0.4 is 11.3 Å². The summed E-state index contributed by atoms with van der Waals surface area (Å²) in [5.41, 5.74) is 0.160. The van der Waals surface area contributed by atoms with Crippen molar-refractivity contribution >= 4 is 30.8 Å². The van der Waals surface area contributed by atoms with Crippen molar-refractivity contribution in [2.24, 2.45) is 15.9 Å². The normalized spacial score (nSPS) is 21.1. The Labute approximate surface area is 119 Å². The predicted molar refractivity (Wildman–Crippen MR) is 80.8 cm³/mol. The Morgan fingerprint density at radius 1 is 1.15 bits per heavy atom. The molecule has 1 aromatic rings. The van der Waals surface area contributed by atoms with Gasteiger partial charge in [0.25, 0.3) is 0 Å². The first kappa shape index (κ1) is 14.7. The van der Waals surface area contributed by atoms with Gasteiger partial charge in [-0.15, -0.1) is 0 Å². The zero-order valence-electron chi connectivity index (χ0n) is 12.2. The summed E-state index contributed by atoms with van der Waals surface area (Å²) in [5, 5.41) is 3.32. The summed E-state index contributed by atoms with van der Waals surface area (Å²) >= 11 is 0. The third-order valence-corrected chi connectivity index (χ3v) is 3.66. The molecule has 1 fully saturated rings. The van der Waals surface area contributed by atoms with Crippen LogP contribution in [0.4, 0.5) is 5.82 Å². The smallest absolute Gasteiger partial charge is 0.399 e. The summed E-state index contributed by atoms with van der Waals surface area (Å²) < 4.78 is 11.9. The lowest BCUT2D eigenvalue weighted by Gasteiger charge is -2.32. The van der Waals surface area contributed by atoms with Crippen LogP contribution >= 0.6 is 0 Å². The molecule has 6 nitrogen and oxygen atoms in total. The van der Waals surface area contributed by atoms with E-state index < -0.39 is 7.12 Å². The summed E-state index contributed by atoms with van der Waals surface area (Å²) in [7, 11) is -0.406. The maximum Gasteiger partial charge on any atom is 0.496 e. The summed E-state index contributed by atoms with van der Waals surface area (Å²) in [6.45, 7) is 8.08. The molecule has 7 heteroatoms. The fourth-order valence-electron chi connectivity index (χ4n) is 1.74. The molecule has 2 heterocycles. The van der Waals surface area contributed by atoms with Crippen molar-refractivity contribution in [3.8, 4) is 0 Å². The summed E-state index contributed by atoms with van der Waals surface area (Å²) in [5.74, 6) is 5.55. The number of aliphatic imine (C=N–C) groups is 1. The van der Waals surface area contributed by atoms with Crippen LogP contribution in [0.25, 0.3) is 0 Å². The average Bonchev–Trinajstić information content (AvgIpc) is 2.60. The van der Waals surface area contributed by atoms with Gasteiger partial charge in [0.1, 0.15) is 0 Å². The second-order valence-corrected chi connectivity index (χ2v) is 5.61. The van der Waals surface area contributed by atoms with Crippen molar-refractivity contribution in [1.82, 2.24) is 4.98 Å². The van der Waals surface area contributed by atoms with Gasteiger partial charge in [0.05, 0.1) is 17.4 Å². The maximum atomic E-state index is 5.95. The highest BCUT2D eigenvalue weighted by molar-refractivity contribution is 6.62. The van der Waals surface area contributed by atoms with E-state index in [0.29, 0.717) is 5.82 Å². The molecule has 20 heavy (non-hydrogen) atoms. The van der Waals surface area contributed by atoms with Crippen molar-refractivity contribution < 1.29 is 9.31 Å². The SMILES string of the molecule is CC1(C)OB(c2ccc(N=C/C=N\N)nc2)OC1(C)C. The van der Waals surface area contributed by atoms with Crippen LogP contribution in [0.2, 0.25) is 0 Å². The van der Waals surface area contributed by atoms with Gasteiger partial charge in [0.15, 0.2) is 5.82 Å². The molecular weight excluding hydrogens is 255 g/mol. The van der Waals surface area contributed by atoms with Gasteiger partial charge in [-0.2, -0.15) is 5.10 Å². The first-order valence-corrected chi connectivity index (χ1v) is 6.43. The van der Waals surface area contributed by atoms with E-state index in [1.54, 1.807) is 12.3 Å². The van der Waals surface area contributed by atoms with Crippen molar-refractivity contribution in [2.45, 2.75) is 38.9 Å². The second-order valence-electron chi connectivity index (χ2n) is 5.61. The van der Waals surface area contributed by atoms with E-state index >= 15 is 0 Å². The van der Waals surface area contributed by atoms with Gasteiger partial charge in [-0.05, 0) is 33.8 Å². The first-order chi connectivity index (χ1) is 9.36. The van der Waals surface area contributed by atoms with Crippen LogP contribution in [0.1, 0.15) is 27.7 Å². The fraction of sp³-hybridized carbons (Fsp3) is 0.462. The largest absolute Gasteiger partial charge is 0.496 e. The molecule has 2 rings (SSSR count). The van der Waals surface area contributed by atoms with Gasteiger partial charge in [0, 0.05) is 17.9 Å². The van der Waals surface area contributed by atoms with Gasteiger partial charge < -0.3 is 15.2 Å². The Morgan fingerprint density at radius 2 is 1.80 bits per heavy atom. The lowest BCUT2D eigenvalue weighted by atomic mass is 9.80. The van der Waals surface area contributed by atoms with Gasteiger partial charge >= 0.3 is 7.12 Å². The molecule has 0 bridgehead atoms. The number of hydrogen-bond donors (Lipinski definition) is 1. The van der Waals surface area contributed by atoms with Crippen molar-refractivity contribution in [3.63, 3.8) is 0 Å². The Kier molecular flexibility index (Phi) is 3.92. The Morgan fingerprint density at radius 3 is 2.30 bits per heavy atom. The Balaban J connectivity index is 2.12. The Bertz CT molecular complexity index is 510. The highest BCUT2D eigenvalue weighted by atomic mass is 16.7. The second kappa shape index (κ2) is 5.34. The highest BCUT2D eigenvalue weighted by Gasteiger charge is 2.51. The van der Waals surface area contributed by atoms with Gasteiger partial charge in [-0.3, -0.25) is 0 Å². The van der Waals surface area contributed by atoms with E-state index in [-0.39, 0.29) is 11.2 Å². The van der Waals surface area contributed by atoms with Crippen molar-refractivity contribution in [1.29, 1.82) is 0 Å². The van der Waals surface area contributed by atoms with Crippen LogP contribution in [0, 0.1) is 0 Å². The summed E-state index contributed by atoms with van der Waals surface area (Å²) in [6.07, 6.45) is 4.58. The van der Waals surface area contributed by atoms with Crippen LogP contribution in [0.15, 0.2) is 28.4 Å². The lowest BCUT2D eigenvalue weighted by molar-refractivity contribution is 0.00578. The van der Waals surface area contributed by atoms with E-state index in [4.69, 9.17) is 15.2 Å². The average molecular weight is 274 g/mol. The Hall–Kier alpha value is -1.73. The molecule has 0 spiro atoms. The zero-order chi connectivity index (χ0) is 14.8. The van der Waals surface area contributed by atoms with Crippen LogP contribution in [0.5, 0.6) is 0 Å². The molecule has 2 N–H and O–H groups in total. The summed E-state index contributed by atoms with van der Waals surface area (Å²) in [4.78, 5) is 8.30. The minimum absolute atomic E-state index is 0.355. The predicted octanol–water partition coefficient (Wildman–Crippen LogP) is 1.03. The zero-order valence-corrected chi connectivity index (χ0v) is 12.2. The van der Waals surface area contributed by atoms with Gasteiger partial charge in [0.2, 0.25) is 0 Å². The highest BCUT2D eigenvalue weighted by Crippen LogP contribution is 2.36. The molecule has 0 radical (unpaired) electrons. The van der Waals surface area contributed by atoms with E-state index in [2.05, 4.69) is 15.1 Å². The van der Waals surface area contributed by atoms with E-state index in [1.165, 1.54) is 12.4 Å². The molecular formula is C13H19BN4O2. The van der Waals surface area contributed by atoms with Crippen LogP contribution in [-0.4, -0.2) is 35.7 Å². The lowest BCUT2D eigenvalue weighted by Crippen LogP contribution is -2.41. The van der Waals surface area contributed by atoms with E-state index in [0.717, 1.165) is 5.46 Å².